The molecule has 7 amide bonds. The highest BCUT2D eigenvalue weighted by atomic mass is 31.2. The van der Waals surface area contributed by atoms with Gasteiger partial charge in [-0.3, -0.25) is 53.1 Å². The predicted octanol–water partition coefficient (Wildman–Crippen LogP) is 7.18. The number of carbonyl (C=O) groups is 8. The van der Waals surface area contributed by atoms with E-state index >= 15 is 13.6 Å². The van der Waals surface area contributed by atoms with E-state index in [1.807, 2.05) is 84.9 Å². The summed E-state index contributed by atoms with van der Waals surface area (Å²) in [6.45, 7) is 0.394. The van der Waals surface area contributed by atoms with Crippen molar-refractivity contribution in [3.8, 4) is 11.8 Å². The summed E-state index contributed by atoms with van der Waals surface area (Å²) in [6.07, 6.45) is 3.59. The lowest BCUT2D eigenvalue weighted by Crippen LogP contribution is -2.56. The number of nitrogens with two attached hydrogens (primary N) is 1. The molecule has 6 aromatic rings. The summed E-state index contributed by atoms with van der Waals surface area (Å²) in [4.78, 5) is 131. The first-order chi connectivity index (χ1) is 40.3. The molecule has 4 atom stereocenters. The molecule has 5 heterocycles. The Labute approximate surface area is 482 Å². The molecule has 84 heavy (non-hydrogen) atoms. The lowest BCUT2D eigenvalue weighted by atomic mass is 9.85. The summed E-state index contributed by atoms with van der Waals surface area (Å²) in [5.41, 5.74) is 5.95. The number of nitrogens with zero attached hydrogens (tertiary/aromatic N) is 3. The lowest BCUT2D eigenvalue weighted by Gasteiger charge is -2.29. The summed E-state index contributed by atoms with van der Waals surface area (Å²) < 4.78 is 43.8. The number of alkyl halides is 2. The molecule has 0 bridgehead atoms. The van der Waals surface area contributed by atoms with E-state index in [0.29, 0.717) is 72.0 Å². The molecule has 18 nitrogen and oxygen atoms in total. The normalized spacial score (nSPS) is 17.9. The zero-order valence-electron chi connectivity index (χ0n) is 45.7. The van der Waals surface area contributed by atoms with Gasteiger partial charge in [0, 0.05) is 78.7 Å². The maximum atomic E-state index is 15.1. The number of primary amides is 1. The number of amides is 7. The summed E-state index contributed by atoms with van der Waals surface area (Å²) in [5, 5.41) is 8.16. The van der Waals surface area contributed by atoms with E-state index < -0.39 is 72.5 Å². The van der Waals surface area contributed by atoms with Crippen LogP contribution in [0.5, 0.6) is 0 Å². The maximum absolute atomic E-state index is 15.1. The first-order valence-corrected chi connectivity index (χ1v) is 29.7. The quantitative estimate of drug-likeness (QED) is 0.0182. The highest BCUT2D eigenvalue weighted by Gasteiger charge is 2.51. The number of halogens is 2. The average molecular weight is 1160 g/mol. The van der Waals surface area contributed by atoms with Crippen LogP contribution in [0.4, 0.5) is 14.5 Å². The first-order valence-electron chi connectivity index (χ1n) is 28.1. The molecular weight excluding hydrogens is 1100 g/mol. The number of hydrogen-bond donors (Lipinski definition) is 6. The number of rotatable bonds is 21. The zero-order chi connectivity index (χ0) is 59.5. The van der Waals surface area contributed by atoms with Crippen LogP contribution in [0, 0.1) is 11.8 Å². The standard InChI is InChI=1S/C63H62F2N7O11P/c64-63(65,84(81,82)83)44-25-28-50-43(33-44)35-52(70(50)32-12-4-2-1-3-7-19-40-20-14-23-45-47(40)37-71(61(45)79)51-29-31-56(75)69-58(51)76)59(77)68-49-26-24-41-21-13-22-42-34-53(72(57(41)42)62(49)80)60(78)67-48(27-30-55(66)74)54(73)36-46(38-15-8-5-9-16-38)39-17-10-6-11-18-39/h5-6,8-11,13-18,20-23,25,28,33,35,46,48-49,51,53H,1-4,12,24,26-27,29-32,34,36-37H2,(H2,66,74)(H,67,78)(H,68,77)(H,69,75,76)(H2,81,82,83)/t48-,49-,51?,53-/m0/s1. The van der Waals surface area contributed by atoms with Crippen molar-refractivity contribution in [3.05, 3.63) is 172 Å². The van der Waals surface area contributed by atoms with Gasteiger partial charge in [0.15, 0.2) is 5.78 Å². The molecule has 1 unspecified atom stereocenters. The van der Waals surface area contributed by atoms with Crippen molar-refractivity contribution in [2.75, 3.05) is 4.90 Å². The number of piperidine rings is 1. The van der Waals surface area contributed by atoms with Crippen molar-refractivity contribution < 1.29 is 61.5 Å². The zero-order valence-corrected chi connectivity index (χ0v) is 46.6. The van der Waals surface area contributed by atoms with E-state index in [4.69, 9.17) is 5.73 Å². The Kier molecular flexibility index (Phi) is 17.2. The van der Waals surface area contributed by atoms with E-state index in [0.717, 1.165) is 28.8 Å². The summed E-state index contributed by atoms with van der Waals surface area (Å²) >= 11 is 0. The van der Waals surface area contributed by atoms with Crippen molar-refractivity contribution in [3.63, 3.8) is 0 Å². The number of unbranched alkanes of at least 4 members (excludes halogenated alkanes) is 4. The number of ketones is 1. The minimum Gasteiger partial charge on any atom is -0.370 e. The number of aromatic nitrogens is 1. The predicted molar refractivity (Wildman–Crippen MR) is 306 cm³/mol. The fourth-order valence-corrected chi connectivity index (χ4v) is 12.4. The number of aryl methyl sites for hydroxylation is 2. The van der Waals surface area contributed by atoms with Crippen LogP contribution in [0.15, 0.2) is 121 Å². The largest absolute Gasteiger partial charge is 0.399 e. The molecule has 5 aromatic carbocycles. The summed E-state index contributed by atoms with van der Waals surface area (Å²) in [5.74, 6) is 1.79. The number of fused-ring (bicyclic) bond motifs is 2. The molecule has 1 fully saturated rings. The third-order valence-electron chi connectivity index (χ3n) is 16.3. The van der Waals surface area contributed by atoms with Gasteiger partial charge < -0.3 is 35.6 Å². The number of para-hydroxylation sites is 1. The van der Waals surface area contributed by atoms with Gasteiger partial charge >= 0.3 is 13.3 Å². The van der Waals surface area contributed by atoms with E-state index in [-0.39, 0.29) is 92.6 Å². The second-order valence-corrected chi connectivity index (χ2v) is 23.4. The van der Waals surface area contributed by atoms with Crippen LogP contribution in [0.3, 0.4) is 0 Å². The van der Waals surface area contributed by atoms with E-state index in [1.165, 1.54) is 21.9 Å². The van der Waals surface area contributed by atoms with Crippen molar-refractivity contribution >= 4 is 71.3 Å². The number of Topliss-reactive ketones (excluding diaryl/α,β-unsaturated/α-hetero) is 1. The molecule has 1 aromatic heterocycles. The molecule has 4 aliphatic rings. The van der Waals surface area contributed by atoms with Gasteiger partial charge in [-0.15, -0.1) is 0 Å². The van der Waals surface area contributed by atoms with Crippen LogP contribution >= 0.6 is 7.60 Å². The second kappa shape index (κ2) is 24.7. The molecule has 0 aliphatic carbocycles. The van der Waals surface area contributed by atoms with Crippen LogP contribution in [0.2, 0.25) is 0 Å². The van der Waals surface area contributed by atoms with E-state index in [2.05, 4.69) is 27.8 Å². The Morgan fingerprint density at radius 2 is 1.52 bits per heavy atom. The third kappa shape index (κ3) is 12.2. The Hall–Kier alpha value is -8.63. The maximum Gasteiger partial charge on any atom is 0.399 e. The Morgan fingerprint density at radius 1 is 0.821 bits per heavy atom. The van der Waals surface area contributed by atoms with E-state index in [1.54, 1.807) is 16.7 Å². The Balaban J connectivity index is 0.839. The number of nitrogens with one attached hydrogen (secondary N) is 3. The lowest BCUT2D eigenvalue weighted by molar-refractivity contribution is -0.137. The molecule has 7 N–H and O–H groups in total. The molecule has 4 aliphatic heterocycles. The third-order valence-corrected chi connectivity index (χ3v) is 17.3. The van der Waals surface area contributed by atoms with Crippen LogP contribution in [0.1, 0.15) is 136 Å². The van der Waals surface area contributed by atoms with Gasteiger partial charge in [0.05, 0.1) is 11.7 Å². The molecule has 21 heteroatoms. The molecule has 1 saturated heterocycles. The number of carbonyl (C=O) groups excluding carboxylic acids is 8. The fourth-order valence-electron chi connectivity index (χ4n) is 12.0. The number of imide groups is 1. The van der Waals surface area contributed by atoms with Crippen LogP contribution < -0.4 is 26.6 Å². The Bertz CT molecular complexity index is 3690. The molecule has 10 rings (SSSR count). The van der Waals surface area contributed by atoms with Gasteiger partial charge in [0.2, 0.25) is 29.5 Å². The monoisotopic (exact) mass is 1160 g/mol. The topological polar surface area (TPSA) is 268 Å². The molecule has 0 spiro atoms. The van der Waals surface area contributed by atoms with Crippen LogP contribution in [-0.2, 0) is 64.9 Å². The van der Waals surface area contributed by atoms with Gasteiger partial charge in [-0.1, -0.05) is 116 Å². The Morgan fingerprint density at radius 3 is 2.23 bits per heavy atom. The van der Waals surface area contributed by atoms with Gasteiger partial charge in [-0.25, -0.2) is 0 Å². The SMILES string of the molecule is NC(=O)CC[C@H](NC(=O)[C@@H]1Cc2cccc3c2N1C(=O)[C@@H](NC(=O)c1cc2cc(C(F)(F)P(=O)(O)O)ccc2n1CCCCCCC#Cc1cccc2c1CN(C1CCC(=O)NC1=O)C2=O)CC3)C(=O)CC(c1ccccc1)c1ccccc1. The van der Waals surface area contributed by atoms with Crippen molar-refractivity contribution in [1.29, 1.82) is 0 Å². The highest BCUT2D eigenvalue weighted by molar-refractivity contribution is 7.52. The summed E-state index contributed by atoms with van der Waals surface area (Å²) in [6, 6.07) is 29.7. The van der Waals surface area contributed by atoms with Crippen LogP contribution in [-0.4, -0.2) is 90.6 Å². The molecule has 0 saturated carbocycles. The van der Waals surface area contributed by atoms with Crippen molar-refractivity contribution in [2.24, 2.45) is 5.73 Å². The number of hydrogen-bond acceptors (Lipinski definition) is 9. The number of anilines is 1. The van der Waals surface area contributed by atoms with Crippen molar-refractivity contribution in [2.45, 2.75) is 132 Å². The first kappa shape index (κ1) is 58.6. The van der Waals surface area contributed by atoms with Gasteiger partial charge in [-0.05, 0) is 96.7 Å². The van der Waals surface area contributed by atoms with Gasteiger partial charge in [-0.2, -0.15) is 8.78 Å². The smallest absolute Gasteiger partial charge is 0.370 e. The highest BCUT2D eigenvalue weighted by Crippen LogP contribution is 2.59. The fraction of sp³-hybridized carbons (Fsp3) is 0.333. The van der Waals surface area contributed by atoms with Gasteiger partial charge in [0.25, 0.3) is 11.8 Å². The van der Waals surface area contributed by atoms with Crippen molar-refractivity contribution in [1.82, 2.24) is 25.4 Å². The van der Waals surface area contributed by atoms with Crippen LogP contribution in [0.25, 0.3) is 10.9 Å². The minimum atomic E-state index is -5.96. The minimum absolute atomic E-state index is 0.0105. The average Bonchev–Trinajstić information content (AvgIpc) is 2.98. The van der Waals surface area contributed by atoms with Gasteiger partial charge in [0.1, 0.15) is 23.8 Å². The molecule has 0 radical (unpaired) electrons. The second-order valence-electron chi connectivity index (χ2n) is 21.8. The van der Waals surface area contributed by atoms with E-state index in [9.17, 15) is 47.9 Å². The molecular formula is C63H62F2N7O11P. The summed E-state index contributed by atoms with van der Waals surface area (Å²) in [7, 11) is -5.96. The number of benzene rings is 5. The molecule has 434 valence electrons.